The lowest BCUT2D eigenvalue weighted by molar-refractivity contribution is -0.137. The van der Waals surface area contributed by atoms with Gasteiger partial charge >= 0.3 is 0 Å². The van der Waals surface area contributed by atoms with Gasteiger partial charge in [-0.3, -0.25) is 19.3 Å². The lowest BCUT2D eigenvalue weighted by atomic mass is 10.0. The predicted octanol–water partition coefficient (Wildman–Crippen LogP) is 4.44. The number of carbonyl (C=O) groups is 3. The maximum absolute atomic E-state index is 13.3. The Labute approximate surface area is 183 Å². The van der Waals surface area contributed by atoms with Crippen LogP contribution in [-0.4, -0.2) is 36.2 Å². The Bertz CT molecular complexity index is 981. The minimum Gasteiger partial charge on any atom is -0.339 e. The Morgan fingerprint density at radius 2 is 1.61 bits per heavy atom. The number of nitrogens with one attached hydrogen (secondary N) is 1. The van der Waals surface area contributed by atoms with Gasteiger partial charge in [0.15, 0.2) is 0 Å². The molecule has 0 spiro atoms. The Morgan fingerprint density at radius 3 is 2.23 bits per heavy atom. The van der Waals surface area contributed by atoms with Gasteiger partial charge in [-0.15, -0.1) is 0 Å². The van der Waals surface area contributed by atoms with Crippen LogP contribution in [-0.2, 0) is 14.4 Å². The molecule has 3 rings (SSSR count). The summed E-state index contributed by atoms with van der Waals surface area (Å²) in [6.45, 7) is 3.99. The van der Waals surface area contributed by atoms with Gasteiger partial charge in [0.2, 0.25) is 5.91 Å². The third-order valence-corrected chi connectivity index (χ3v) is 5.35. The van der Waals surface area contributed by atoms with E-state index in [0.717, 1.165) is 31.4 Å². The van der Waals surface area contributed by atoms with E-state index in [1.165, 1.54) is 11.8 Å². The van der Waals surface area contributed by atoms with E-state index < -0.39 is 0 Å². The average molecular weight is 420 g/mol. The van der Waals surface area contributed by atoms with E-state index in [2.05, 4.69) is 12.2 Å². The van der Waals surface area contributed by atoms with Gasteiger partial charge in [0.05, 0.1) is 5.57 Å². The molecule has 1 aliphatic rings. The third-order valence-electron chi connectivity index (χ3n) is 5.35. The molecule has 0 saturated heterocycles. The number of hydrogen-bond acceptors (Lipinski definition) is 4. The summed E-state index contributed by atoms with van der Waals surface area (Å²) in [5.41, 5.74) is 2.89. The average Bonchev–Trinajstić information content (AvgIpc) is 3.01. The van der Waals surface area contributed by atoms with E-state index in [9.17, 15) is 14.4 Å². The second-order valence-corrected chi connectivity index (χ2v) is 7.70. The van der Waals surface area contributed by atoms with Gasteiger partial charge in [-0.05, 0) is 36.2 Å². The number of unbranched alkanes of at least 4 members (excludes halogenated alkanes) is 3. The lowest BCUT2D eigenvalue weighted by Gasteiger charge is -2.21. The molecule has 0 aliphatic carbocycles. The number of amides is 3. The molecule has 1 N–H and O–H groups in total. The monoisotopic (exact) mass is 419 g/mol. The Balaban J connectivity index is 1.98. The molecule has 2 aromatic rings. The van der Waals surface area contributed by atoms with Gasteiger partial charge in [0.25, 0.3) is 11.8 Å². The molecule has 1 aliphatic heterocycles. The summed E-state index contributed by atoms with van der Waals surface area (Å²) in [6.07, 6.45) is 3.95. The summed E-state index contributed by atoms with van der Waals surface area (Å²) >= 11 is 0. The SMILES string of the molecule is CCCCCCN1C(=O)C(c2ccc(NC(C)=O)cc2)=C(N(C)c2ccccc2)C1=O. The van der Waals surface area contributed by atoms with E-state index in [-0.39, 0.29) is 17.7 Å². The highest BCUT2D eigenvalue weighted by Gasteiger charge is 2.40. The zero-order valence-electron chi connectivity index (χ0n) is 18.4. The number of likely N-dealkylation sites (N-methyl/N-ethyl adjacent to an activating group) is 1. The second-order valence-electron chi connectivity index (χ2n) is 7.70. The van der Waals surface area contributed by atoms with Gasteiger partial charge in [0, 0.05) is 31.9 Å². The predicted molar refractivity (Wildman–Crippen MR) is 123 cm³/mol. The molecule has 162 valence electrons. The van der Waals surface area contributed by atoms with Crippen LogP contribution < -0.4 is 10.2 Å². The molecule has 0 bridgehead atoms. The summed E-state index contributed by atoms with van der Waals surface area (Å²) in [4.78, 5) is 41.1. The number of rotatable bonds is 9. The maximum Gasteiger partial charge on any atom is 0.278 e. The van der Waals surface area contributed by atoms with Crippen LogP contribution in [0.4, 0.5) is 11.4 Å². The van der Waals surface area contributed by atoms with Crippen molar-refractivity contribution in [2.75, 3.05) is 23.8 Å². The first-order valence-electron chi connectivity index (χ1n) is 10.7. The van der Waals surface area contributed by atoms with Crippen LogP contribution in [0, 0.1) is 0 Å². The van der Waals surface area contributed by atoms with Crippen molar-refractivity contribution in [3.8, 4) is 0 Å². The standard InChI is InChI=1S/C25H29N3O3/c1-4-5-6-10-17-28-24(30)22(19-13-15-20(16-14-19)26-18(2)29)23(25(28)31)27(3)21-11-8-7-9-12-21/h7-9,11-16H,4-6,10,17H2,1-3H3,(H,26,29). The van der Waals surface area contributed by atoms with Crippen molar-refractivity contribution in [1.82, 2.24) is 4.90 Å². The number of benzene rings is 2. The first-order chi connectivity index (χ1) is 14.9. The number of para-hydroxylation sites is 1. The minimum absolute atomic E-state index is 0.165. The summed E-state index contributed by atoms with van der Waals surface area (Å²) < 4.78 is 0. The molecule has 1 heterocycles. The fourth-order valence-electron chi connectivity index (χ4n) is 3.74. The smallest absolute Gasteiger partial charge is 0.278 e. The number of carbonyl (C=O) groups excluding carboxylic acids is 3. The molecule has 0 unspecified atom stereocenters. The molecular formula is C25H29N3O3. The van der Waals surface area contributed by atoms with Crippen molar-refractivity contribution in [1.29, 1.82) is 0 Å². The van der Waals surface area contributed by atoms with Gasteiger partial charge in [-0.1, -0.05) is 56.5 Å². The molecule has 6 nitrogen and oxygen atoms in total. The molecule has 31 heavy (non-hydrogen) atoms. The van der Waals surface area contributed by atoms with Crippen LogP contribution in [0.5, 0.6) is 0 Å². The first kappa shape index (κ1) is 22.3. The lowest BCUT2D eigenvalue weighted by Crippen LogP contribution is -2.35. The fraction of sp³-hybridized carbons (Fsp3) is 0.320. The Hall–Kier alpha value is -3.41. The largest absolute Gasteiger partial charge is 0.339 e. The summed E-state index contributed by atoms with van der Waals surface area (Å²) in [6, 6.07) is 16.6. The molecule has 3 amide bonds. The minimum atomic E-state index is -0.272. The summed E-state index contributed by atoms with van der Waals surface area (Å²) in [5, 5.41) is 2.72. The van der Waals surface area contributed by atoms with Crippen molar-refractivity contribution in [3.63, 3.8) is 0 Å². The van der Waals surface area contributed by atoms with Gasteiger partial charge < -0.3 is 10.2 Å². The number of anilines is 2. The van der Waals surface area contributed by atoms with Crippen LogP contribution in [0.2, 0.25) is 0 Å². The van der Waals surface area contributed by atoms with Crippen molar-refractivity contribution >= 4 is 34.7 Å². The normalized spacial score (nSPS) is 13.7. The number of hydrogen-bond donors (Lipinski definition) is 1. The van der Waals surface area contributed by atoms with Gasteiger partial charge in [-0.25, -0.2) is 0 Å². The highest BCUT2D eigenvalue weighted by atomic mass is 16.2. The zero-order valence-corrected chi connectivity index (χ0v) is 18.4. The van der Waals surface area contributed by atoms with Crippen molar-refractivity contribution in [2.45, 2.75) is 39.5 Å². The molecule has 0 aromatic heterocycles. The molecule has 2 aromatic carbocycles. The third kappa shape index (κ3) is 5.02. The van der Waals surface area contributed by atoms with Crippen molar-refractivity contribution < 1.29 is 14.4 Å². The molecule has 6 heteroatoms. The second kappa shape index (κ2) is 10.1. The Kier molecular flexibility index (Phi) is 7.23. The van der Waals surface area contributed by atoms with Crippen LogP contribution >= 0.6 is 0 Å². The molecular weight excluding hydrogens is 390 g/mol. The van der Waals surface area contributed by atoms with E-state index in [1.807, 2.05) is 37.4 Å². The fourth-order valence-corrected chi connectivity index (χ4v) is 3.74. The first-order valence-corrected chi connectivity index (χ1v) is 10.7. The quantitative estimate of drug-likeness (QED) is 0.482. The van der Waals surface area contributed by atoms with Gasteiger partial charge in [-0.2, -0.15) is 0 Å². The van der Waals surface area contributed by atoms with Crippen LogP contribution in [0.25, 0.3) is 5.57 Å². The van der Waals surface area contributed by atoms with E-state index >= 15 is 0 Å². The molecule has 0 radical (unpaired) electrons. The van der Waals surface area contributed by atoms with E-state index in [0.29, 0.717) is 29.1 Å². The molecule has 0 atom stereocenters. The highest BCUT2D eigenvalue weighted by molar-refractivity contribution is 6.36. The van der Waals surface area contributed by atoms with E-state index in [1.54, 1.807) is 29.2 Å². The Morgan fingerprint density at radius 1 is 0.935 bits per heavy atom. The maximum atomic E-state index is 13.3. The van der Waals surface area contributed by atoms with Crippen molar-refractivity contribution in [3.05, 3.63) is 65.9 Å². The summed E-state index contributed by atoms with van der Waals surface area (Å²) in [5.74, 6) is -0.706. The number of imide groups is 1. The molecule has 0 saturated carbocycles. The van der Waals surface area contributed by atoms with Crippen LogP contribution in [0.1, 0.15) is 45.1 Å². The zero-order chi connectivity index (χ0) is 22.4. The van der Waals surface area contributed by atoms with Crippen LogP contribution in [0.15, 0.2) is 60.3 Å². The number of nitrogens with zero attached hydrogens (tertiary/aromatic N) is 2. The van der Waals surface area contributed by atoms with Gasteiger partial charge in [0.1, 0.15) is 5.70 Å². The van der Waals surface area contributed by atoms with E-state index in [4.69, 9.17) is 0 Å². The summed E-state index contributed by atoms with van der Waals surface area (Å²) in [7, 11) is 1.81. The topological polar surface area (TPSA) is 69.7 Å². The van der Waals surface area contributed by atoms with Crippen LogP contribution in [0.3, 0.4) is 0 Å². The van der Waals surface area contributed by atoms with Crippen molar-refractivity contribution in [2.24, 2.45) is 0 Å². The highest BCUT2D eigenvalue weighted by Crippen LogP contribution is 2.34. The molecule has 0 fully saturated rings.